The molecule has 5 heteroatoms. The molecule has 0 radical (unpaired) electrons. The van der Waals surface area contributed by atoms with Crippen molar-refractivity contribution in [2.45, 2.75) is 39.5 Å². The molecule has 1 saturated heterocycles. The van der Waals surface area contributed by atoms with Crippen molar-refractivity contribution in [1.29, 1.82) is 0 Å². The summed E-state index contributed by atoms with van der Waals surface area (Å²) in [6.45, 7) is 5.76. The van der Waals surface area contributed by atoms with E-state index in [1.807, 2.05) is 24.8 Å². The van der Waals surface area contributed by atoms with Gasteiger partial charge in [-0.15, -0.1) is 0 Å². The Balaban J connectivity index is 1.63. The van der Waals surface area contributed by atoms with Gasteiger partial charge in [-0.3, -0.25) is 4.79 Å². The zero-order chi connectivity index (χ0) is 14.6. The molecular formula is C16H20N4O. The van der Waals surface area contributed by atoms with Gasteiger partial charge in [-0.25, -0.2) is 9.50 Å². The summed E-state index contributed by atoms with van der Waals surface area (Å²) in [5, 5.41) is 4.32. The molecule has 0 aromatic carbocycles. The number of likely N-dealkylation sites (tertiary alicyclic amines) is 1. The number of hydrogen-bond acceptors (Lipinski definition) is 3. The first-order valence-electron chi connectivity index (χ1n) is 7.69. The number of carbonyl (C=O) groups excluding carboxylic acids is 1. The minimum absolute atomic E-state index is 0.0834. The topological polar surface area (TPSA) is 50.5 Å². The number of fused-ring (bicyclic) bond motifs is 1. The highest BCUT2D eigenvalue weighted by molar-refractivity contribution is 6.00. The molecule has 0 atom stereocenters. The van der Waals surface area contributed by atoms with E-state index in [2.05, 4.69) is 10.1 Å². The van der Waals surface area contributed by atoms with Crippen molar-refractivity contribution >= 4 is 11.6 Å². The van der Waals surface area contributed by atoms with Gasteiger partial charge in [0, 0.05) is 29.9 Å². The molecule has 3 heterocycles. The van der Waals surface area contributed by atoms with Crippen LogP contribution < -0.4 is 0 Å². The first-order chi connectivity index (χ1) is 10.1. The van der Waals surface area contributed by atoms with E-state index in [0.717, 1.165) is 24.5 Å². The highest BCUT2D eigenvalue weighted by Gasteiger charge is 2.47. The molecule has 1 amide bonds. The van der Waals surface area contributed by atoms with E-state index in [0.29, 0.717) is 16.6 Å². The predicted molar refractivity (Wildman–Crippen MR) is 79.3 cm³/mol. The summed E-state index contributed by atoms with van der Waals surface area (Å²) in [4.78, 5) is 19.2. The van der Waals surface area contributed by atoms with Crippen LogP contribution in [0.4, 0.5) is 0 Å². The molecule has 21 heavy (non-hydrogen) atoms. The van der Waals surface area contributed by atoms with Gasteiger partial charge in [-0.05, 0) is 32.8 Å². The first kappa shape index (κ1) is 12.8. The SMILES string of the molecule is Cc1cc(C)n2ncc(C(=O)N3CC4(CCCC4)C3)c2n1. The van der Waals surface area contributed by atoms with Crippen LogP contribution in [0.15, 0.2) is 12.3 Å². The van der Waals surface area contributed by atoms with Gasteiger partial charge >= 0.3 is 0 Å². The Bertz CT molecular complexity index is 719. The van der Waals surface area contributed by atoms with Gasteiger partial charge in [0.05, 0.1) is 6.20 Å². The molecule has 2 fully saturated rings. The Morgan fingerprint density at radius 3 is 2.67 bits per heavy atom. The number of aryl methyl sites for hydroxylation is 2. The number of aromatic nitrogens is 3. The minimum Gasteiger partial charge on any atom is -0.337 e. The van der Waals surface area contributed by atoms with E-state index >= 15 is 0 Å². The average Bonchev–Trinajstić information content (AvgIpc) is 3.02. The van der Waals surface area contributed by atoms with Gasteiger partial charge < -0.3 is 4.90 Å². The van der Waals surface area contributed by atoms with Crippen LogP contribution in [-0.2, 0) is 0 Å². The summed E-state index contributed by atoms with van der Waals surface area (Å²) in [6, 6.07) is 1.98. The molecule has 1 aliphatic heterocycles. The van der Waals surface area contributed by atoms with Gasteiger partial charge in [0.15, 0.2) is 5.65 Å². The van der Waals surface area contributed by atoms with E-state index in [1.165, 1.54) is 25.7 Å². The van der Waals surface area contributed by atoms with Gasteiger partial charge in [-0.2, -0.15) is 5.10 Å². The van der Waals surface area contributed by atoms with Crippen molar-refractivity contribution in [3.8, 4) is 0 Å². The predicted octanol–water partition coefficient (Wildman–Crippen LogP) is 2.36. The van der Waals surface area contributed by atoms with E-state index in [9.17, 15) is 4.79 Å². The zero-order valence-corrected chi connectivity index (χ0v) is 12.6. The van der Waals surface area contributed by atoms with Gasteiger partial charge in [-0.1, -0.05) is 12.8 Å². The van der Waals surface area contributed by atoms with E-state index in [4.69, 9.17) is 0 Å². The quantitative estimate of drug-likeness (QED) is 0.807. The maximum absolute atomic E-state index is 12.7. The summed E-state index contributed by atoms with van der Waals surface area (Å²) in [7, 11) is 0. The third-order valence-electron chi connectivity index (χ3n) is 5.01. The van der Waals surface area contributed by atoms with Crippen LogP contribution in [0.1, 0.15) is 47.4 Å². The molecule has 1 aliphatic carbocycles. The van der Waals surface area contributed by atoms with E-state index in [-0.39, 0.29) is 5.91 Å². The number of nitrogens with zero attached hydrogens (tertiary/aromatic N) is 4. The molecule has 1 spiro atoms. The first-order valence-corrected chi connectivity index (χ1v) is 7.69. The maximum atomic E-state index is 12.7. The molecule has 110 valence electrons. The highest BCUT2D eigenvalue weighted by atomic mass is 16.2. The number of hydrogen-bond donors (Lipinski definition) is 0. The summed E-state index contributed by atoms with van der Waals surface area (Å²) in [5.41, 5.74) is 3.68. The third-order valence-corrected chi connectivity index (χ3v) is 5.01. The number of carbonyl (C=O) groups is 1. The van der Waals surface area contributed by atoms with Crippen molar-refractivity contribution in [2.75, 3.05) is 13.1 Å². The molecule has 1 saturated carbocycles. The van der Waals surface area contributed by atoms with Crippen LogP contribution in [0.2, 0.25) is 0 Å². The largest absolute Gasteiger partial charge is 0.337 e. The molecule has 0 N–H and O–H groups in total. The molecule has 2 aromatic rings. The van der Waals surface area contributed by atoms with Crippen molar-refractivity contribution < 1.29 is 4.79 Å². The fraction of sp³-hybridized carbons (Fsp3) is 0.562. The summed E-state index contributed by atoms with van der Waals surface area (Å²) in [5.74, 6) is 0.0834. The second kappa shape index (κ2) is 4.29. The summed E-state index contributed by atoms with van der Waals surface area (Å²) >= 11 is 0. The lowest BCUT2D eigenvalue weighted by atomic mass is 9.78. The number of amides is 1. The molecule has 2 aromatic heterocycles. The maximum Gasteiger partial charge on any atom is 0.259 e. The Hall–Kier alpha value is -1.91. The van der Waals surface area contributed by atoms with Crippen molar-refractivity contribution in [3.05, 3.63) is 29.2 Å². The van der Waals surface area contributed by atoms with Crippen LogP contribution in [-0.4, -0.2) is 38.5 Å². The van der Waals surface area contributed by atoms with Gasteiger partial charge in [0.1, 0.15) is 5.56 Å². The van der Waals surface area contributed by atoms with Crippen molar-refractivity contribution in [3.63, 3.8) is 0 Å². The molecule has 4 rings (SSSR count). The lowest BCUT2D eigenvalue weighted by Crippen LogP contribution is -2.57. The Morgan fingerprint density at radius 2 is 1.95 bits per heavy atom. The van der Waals surface area contributed by atoms with Crippen LogP contribution >= 0.6 is 0 Å². The normalized spacial score (nSPS) is 20.2. The summed E-state index contributed by atoms with van der Waals surface area (Å²) < 4.78 is 1.76. The van der Waals surface area contributed by atoms with Crippen LogP contribution in [0, 0.1) is 19.3 Å². The smallest absolute Gasteiger partial charge is 0.259 e. The molecule has 5 nitrogen and oxygen atoms in total. The lowest BCUT2D eigenvalue weighted by Gasteiger charge is -2.48. The monoisotopic (exact) mass is 284 g/mol. The van der Waals surface area contributed by atoms with E-state index < -0.39 is 0 Å². The fourth-order valence-electron chi connectivity index (χ4n) is 3.94. The standard InChI is InChI=1S/C16H20N4O/c1-11-7-12(2)20-14(18-11)13(8-17-20)15(21)19-9-16(10-19)5-3-4-6-16/h7-8H,3-6,9-10H2,1-2H3. The second-order valence-electron chi connectivity index (χ2n) is 6.70. The Labute approximate surface area is 124 Å². The fourth-order valence-corrected chi connectivity index (χ4v) is 3.94. The van der Waals surface area contributed by atoms with Gasteiger partial charge in [0.2, 0.25) is 0 Å². The molecule has 0 unspecified atom stereocenters. The van der Waals surface area contributed by atoms with Crippen molar-refractivity contribution in [2.24, 2.45) is 5.41 Å². The highest BCUT2D eigenvalue weighted by Crippen LogP contribution is 2.45. The zero-order valence-electron chi connectivity index (χ0n) is 12.6. The average molecular weight is 284 g/mol. The number of rotatable bonds is 1. The summed E-state index contributed by atoms with van der Waals surface area (Å²) in [6.07, 6.45) is 6.86. The second-order valence-corrected chi connectivity index (χ2v) is 6.70. The van der Waals surface area contributed by atoms with Crippen LogP contribution in [0.3, 0.4) is 0 Å². The molecular weight excluding hydrogens is 264 g/mol. The molecule has 0 bridgehead atoms. The van der Waals surface area contributed by atoms with Gasteiger partial charge in [0.25, 0.3) is 5.91 Å². The van der Waals surface area contributed by atoms with Crippen molar-refractivity contribution in [1.82, 2.24) is 19.5 Å². The van der Waals surface area contributed by atoms with Crippen LogP contribution in [0.25, 0.3) is 5.65 Å². The Kier molecular flexibility index (Phi) is 2.62. The third kappa shape index (κ3) is 1.87. The lowest BCUT2D eigenvalue weighted by molar-refractivity contribution is 0.00947. The Morgan fingerprint density at radius 1 is 1.24 bits per heavy atom. The minimum atomic E-state index is 0.0834. The molecule has 2 aliphatic rings. The van der Waals surface area contributed by atoms with E-state index in [1.54, 1.807) is 10.7 Å². The van der Waals surface area contributed by atoms with Crippen LogP contribution in [0.5, 0.6) is 0 Å².